The molecule has 0 bridgehead atoms. The van der Waals surface area contributed by atoms with Crippen molar-refractivity contribution in [2.75, 3.05) is 4.90 Å². The number of benzene rings is 2. The van der Waals surface area contributed by atoms with Gasteiger partial charge in [-0.3, -0.25) is 9.79 Å². The number of nitrogens with zero attached hydrogens (tertiary/aromatic N) is 3. The first-order valence-electron chi connectivity index (χ1n) is 10.6. The van der Waals surface area contributed by atoms with Crippen molar-refractivity contribution in [2.24, 2.45) is 16.8 Å². The number of aliphatic imine (C=N–C) groups is 1. The van der Waals surface area contributed by atoms with Crippen LogP contribution >= 0.6 is 0 Å². The van der Waals surface area contributed by atoms with E-state index < -0.39 is 23.6 Å². The predicted octanol–water partition coefficient (Wildman–Crippen LogP) is 5.46. The maximum atomic E-state index is 15.4. The summed E-state index contributed by atoms with van der Waals surface area (Å²) in [7, 11) is 0. The topological polar surface area (TPSA) is 61.4 Å². The fourth-order valence-corrected chi connectivity index (χ4v) is 4.51. The number of carbonyl (C=O) groups excluding carboxylic acids is 1. The van der Waals surface area contributed by atoms with E-state index >= 15 is 8.78 Å². The molecule has 162 valence electrons. The van der Waals surface area contributed by atoms with Crippen molar-refractivity contribution in [3.63, 3.8) is 0 Å². The van der Waals surface area contributed by atoms with Gasteiger partial charge in [0.2, 0.25) is 5.91 Å². The molecule has 2 atom stereocenters. The molecular weight excluding hydrogens is 410 g/mol. The highest BCUT2D eigenvalue weighted by Crippen LogP contribution is 2.54. The zero-order chi connectivity index (χ0) is 22.4. The van der Waals surface area contributed by atoms with Crippen LogP contribution in [0, 0.1) is 23.5 Å². The summed E-state index contributed by atoms with van der Waals surface area (Å²) in [6, 6.07) is 7.20. The number of H-pyrrole nitrogens is 1. The van der Waals surface area contributed by atoms with Gasteiger partial charge in [0.1, 0.15) is 11.6 Å². The Morgan fingerprint density at radius 2 is 2.00 bits per heavy atom. The molecule has 1 aliphatic carbocycles. The quantitative estimate of drug-likeness (QED) is 0.415. The third-order valence-electron chi connectivity index (χ3n) is 6.18. The lowest BCUT2D eigenvalue weighted by molar-refractivity contribution is -0.131. The number of rotatable bonds is 6. The number of amides is 1. The van der Waals surface area contributed by atoms with E-state index in [0.717, 1.165) is 18.4 Å². The fraction of sp³-hybridized carbons (Fsp3) is 0.240. The minimum atomic E-state index is -0.694. The molecule has 1 N–H and O–H groups in total. The van der Waals surface area contributed by atoms with Crippen LogP contribution in [0.25, 0.3) is 11.0 Å². The molecule has 2 fully saturated rings. The Kier molecular flexibility index (Phi) is 4.96. The number of hydrogen-bond acceptors (Lipinski definition) is 3. The van der Waals surface area contributed by atoms with E-state index in [9.17, 15) is 4.79 Å². The Labute approximate surface area is 184 Å². The van der Waals surface area contributed by atoms with Crippen LogP contribution in [0.4, 0.5) is 14.5 Å². The number of allylic oxidation sites excluding steroid dienone is 2. The minimum Gasteiger partial charge on any atom is -0.345 e. The maximum Gasteiger partial charge on any atom is 0.233 e. The summed E-state index contributed by atoms with van der Waals surface area (Å²) in [5.74, 6) is -1.74. The molecule has 2 heterocycles. The molecule has 1 saturated carbocycles. The summed E-state index contributed by atoms with van der Waals surface area (Å²) in [5, 5.41) is 0. The smallest absolute Gasteiger partial charge is 0.233 e. The van der Waals surface area contributed by atoms with Gasteiger partial charge in [-0.1, -0.05) is 12.7 Å². The lowest BCUT2D eigenvalue weighted by Crippen LogP contribution is -2.56. The molecule has 1 aromatic heterocycles. The predicted molar refractivity (Wildman–Crippen MR) is 120 cm³/mol. The van der Waals surface area contributed by atoms with Crippen molar-refractivity contribution in [1.29, 1.82) is 0 Å². The molecule has 7 heteroatoms. The summed E-state index contributed by atoms with van der Waals surface area (Å²) >= 11 is 0. The normalized spacial score (nSPS) is 21.4. The van der Waals surface area contributed by atoms with E-state index in [1.54, 1.807) is 37.7 Å². The van der Waals surface area contributed by atoms with E-state index in [1.165, 1.54) is 23.1 Å². The second kappa shape index (κ2) is 7.82. The average Bonchev–Trinajstić information content (AvgIpc) is 3.48. The zero-order valence-corrected chi connectivity index (χ0v) is 17.6. The molecule has 0 unspecified atom stereocenters. The van der Waals surface area contributed by atoms with Crippen LogP contribution in [-0.2, 0) is 4.79 Å². The molecular formula is C25H22F2N4O. The van der Waals surface area contributed by atoms with E-state index in [4.69, 9.17) is 0 Å². The van der Waals surface area contributed by atoms with Gasteiger partial charge >= 0.3 is 0 Å². The molecule has 1 aliphatic heterocycles. The molecule has 0 spiro atoms. The van der Waals surface area contributed by atoms with Gasteiger partial charge in [0.05, 0.1) is 35.0 Å². The number of anilines is 1. The Morgan fingerprint density at radius 3 is 2.66 bits per heavy atom. The molecule has 2 aromatic carbocycles. The van der Waals surface area contributed by atoms with Gasteiger partial charge in [-0.15, -0.1) is 0 Å². The number of carbonyl (C=O) groups is 1. The Balaban J connectivity index is 1.58. The van der Waals surface area contributed by atoms with Gasteiger partial charge in [-0.25, -0.2) is 13.8 Å². The number of fused-ring (bicyclic) bond motifs is 1. The third-order valence-corrected chi connectivity index (χ3v) is 6.18. The first-order chi connectivity index (χ1) is 15.5. The number of hydrogen-bond donors (Lipinski definition) is 1. The SMILES string of the molecule is C=C/C(=N\C=C/C)c1cc(F)c([C@H]2[C@@H](C3CC3)C(=O)N2c2ccc3[nH]cnc3c2)c(F)c1. The van der Waals surface area contributed by atoms with Gasteiger partial charge in [0.15, 0.2) is 0 Å². The van der Waals surface area contributed by atoms with Gasteiger partial charge in [-0.05, 0) is 62.1 Å². The van der Waals surface area contributed by atoms with E-state index in [2.05, 4.69) is 21.5 Å². The number of halogens is 2. The summed E-state index contributed by atoms with van der Waals surface area (Å²) in [4.78, 5) is 26.0. The highest BCUT2D eigenvalue weighted by molar-refractivity contribution is 6.09. The highest BCUT2D eigenvalue weighted by atomic mass is 19.1. The summed E-state index contributed by atoms with van der Waals surface area (Å²) < 4.78 is 30.8. The Bertz CT molecular complexity index is 1270. The summed E-state index contributed by atoms with van der Waals surface area (Å²) in [6.45, 7) is 5.49. The van der Waals surface area contributed by atoms with Crippen LogP contribution in [-0.4, -0.2) is 21.6 Å². The van der Waals surface area contributed by atoms with Crippen molar-refractivity contribution >= 4 is 28.3 Å². The number of aromatic amines is 1. The van der Waals surface area contributed by atoms with Crippen molar-refractivity contribution < 1.29 is 13.6 Å². The Hall–Kier alpha value is -3.61. The lowest BCUT2D eigenvalue weighted by Gasteiger charge is -2.48. The van der Waals surface area contributed by atoms with Crippen molar-refractivity contribution in [3.8, 4) is 0 Å². The lowest BCUT2D eigenvalue weighted by atomic mass is 9.78. The highest BCUT2D eigenvalue weighted by Gasteiger charge is 2.56. The molecule has 32 heavy (non-hydrogen) atoms. The van der Waals surface area contributed by atoms with Gasteiger partial charge in [0.25, 0.3) is 0 Å². The molecule has 2 aliphatic rings. The number of imidazole rings is 1. The first-order valence-corrected chi connectivity index (χ1v) is 10.6. The van der Waals surface area contributed by atoms with Crippen LogP contribution in [0.3, 0.4) is 0 Å². The minimum absolute atomic E-state index is 0.0816. The van der Waals surface area contributed by atoms with E-state index in [0.29, 0.717) is 22.5 Å². The van der Waals surface area contributed by atoms with Crippen molar-refractivity contribution in [2.45, 2.75) is 25.8 Å². The monoisotopic (exact) mass is 432 g/mol. The third kappa shape index (κ3) is 3.25. The molecule has 1 amide bonds. The van der Waals surface area contributed by atoms with E-state index in [-0.39, 0.29) is 17.4 Å². The second-order valence-electron chi connectivity index (χ2n) is 8.17. The van der Waals surface area contributed by atoms with Crippen molar-refractivity contribution in [1.82, 2.24) is 9.97 Å². The van der Waals surface area contributed by atoms with Crippen LogP contribution in [0.1, 0.15) is 36.9 Å². The largest absolute Gasteiger partial charge is 0.345 e. The zero-order valence-electron chi connectivity index (χ0n) is 17.6. The number of aromatic nitrogens is 2. The molecule has 1 saturated heterocycles. The van der Waals surface area contributed by atoms with Crippen molar-refractivity contribution in [3.05, 3.63) is 84.4 Å². The van der Waals surface area contributed by atoms with Gasteiger partial charge in [0, 0.05) is 23.0 Å². The standard InChI is InChI=1S/C25H22F2N4O/c1-3-9-28-19(4-2)15-10-17(26)23(18(27)11-15)24-22(14-5-6-14)25(32)31(24)16-7-8-20-21(12-16)30-13-29-20/h3-4,7-14,22,24H,2,5-6H2,1H3,(H,29,30)/b9-3-,28-19+/t22-,24-/m1/s1. The Morgan fingerprint density at radius 1 is 1.25 bits per heavy atom. The van der Waals surface area contributed by atoms with Crippen LogP contribution in [0.2, 0.25) is 0 Å². The molecule has 3 aromatic rings. The van der Waals surface area contributed by atoms with E-state index in [1.807, 2.05) is 6.07 Å². The molecule has 5 nitrogen and oxygen atoms in total. The first kappa shape index (κ1) is 20.3. The number of β-lactam (4-membered cyclic amide) rings is 1. The maximum absolute atomic E-state index is 15.4. The average molecular weight is 432 g/mol. The molecule has 0 radical (unpaired) electrons. The summed E-state index contributed by atoms with van der Waals surface area (Å²) in [6.07, 6.45) is 8.09. The summed E-state index contributed by atoms with van der Waals surface area (Å²) in [5.41, 5.74) is 2.70. The van der Waals surface area contributed by atoms with Crippen LogP contribution in [0.5, 0.6) is 0 Å². The van der Waals surface area contributed by atoms with Crippen LogP contribution in [0.15, 0.2) is 66.6 Å². The van der Waals surface area contributed by atoms with Crippen LogP contribution < -0.4 is 4.90 Å². The number of nitrogens with one attached hydrogen (secondary N) is 1. The fourth-order valence-electron chi connectivity index (χ4n) is 4.51. The molecule has 5 rings (SSSR count). The van der Waals surface area contributed by atoms with Gasteiger partial charge < -0.3 is 9.88 Å². The van der Waals surface area contributed by atoms with Gasteiger partial charge in [-0.2, -0.15) is 0 Å². The second-order valence-corrected chi connectivity index (χ2v) is 8.17.